The van der Waals surface area contributed by atoms with Crippen molar-refractivity contribution in [1.29, 1.82) is 0 Å². The van der Waals surface area contributed by atoms with Crippen LogP contribution in [0.5, 0.6) is 0 Å². The number of aryl methyl sites for hydroxylation is 1. The van der Waals surface area contributed by atoms with E-state index in [1.165, 1.54) is 11.1 Å². The molecule has 0 amide bonds. The first-order valence-corrected chi connectivity index (χ1v) is 7.28. The molecule has 110 valence electrons. The molecule has 0 saturated carbocycles. The average Bonchev–Trinajstić information content (AvgIpc) is 2.43. The van der Waals surface area contributed by atoms with E-state index in [1.807, 2.05) is 57.2 Å². The highest BCUT2D eigenvalue weighted by Gasteiger charge is 2.25. The van der Waals surface area contributed by atoms with Crippen LogP contribution in [-0.2, 0) is 0 Å². The van der Waals surface area contributed by atoms with Crippen molar-refractivity contribution in [3.8, 4) is 0 Å². The highest BCUT2D eigenvalue weighted by molar-refractivity contribution is 6.04. The Morgan fingerprint density at radius 2 is 1.52 bits per heavy atom. The average molecular weight is 281 g/mol. The highest BCUT2D eigenvalue weighted by atomic mass is 16.1. The molecule has 0 aromatic heterocycles. The molecule has 2 heteroatoms. The maximum Gasteiger partial charge on any atom is 0.170 e. The van der Waals surface area contributed by atoms with Crippen LogP contribution < -0.4 is 5.32 Å². The Hall–Kier alpha value is -2.09. The first-order chi connectivity index (χ1) is 9.80. The number of para-hydroxylation sites is 1. The van der Waals surface area contributed by atoms with Crippen molar-refractivity contribution in [2.45, 2.75) is 34.6 Å². The normalized spacial score (nSPS) is 11.3. The number of nitrogens with one attached hydrogen (secondary N) is 1. The SMILES string of the molecule is Cc1cccc(Nc2ccccc2C(=O)C(C)(C)C)c1C. The molecule has 0 aliphatic rings. The molecule has 0 saturated heterocycles. The van der Waals surface area contributed by atoms with Gasteiger partial charge in [0, 0.05) is 22.4 Å². The van der Waals surface area contributed by atoms with E-state index in [9.17, 15) is 4.79 Å². The fourth-order valence-corrected chi connectivity index (χ4v) is 2.23. The van der Waals surface area contributed by atoms with Crippen LogP contribution in [0.2, 0.25) is 0 Å². The fourth-order valence-electron chi connectivity index (χ4n) is 2.23. The van der Waals surface area contributed by atoms with Crippen molar-refractivity contribution in [3.05, 3.63) is 59.2 Å². The van der Waals surface area contributed by atoms with E-state index < -0.39 is 0 Å². The lowest BCUT2D eigenvalue weighted by molar-refractivity contribution is 0.0859. The topological polar surface area (TPSA) is 29.1 Å². The van der Waals surface area contributed by atoms with Crippen molar-refractivity contribution in [1.82, 2.24) is 0 Å². The predicted molar refractivity (Wildman–Crippen MR) is 89.4 cm³/mol. The van der Waals surface area contributed by atoms with Crippen molar-refractivity contribution < 1.29 is 4.79 Å². The third-order valence-corrected chi connectivity index (χ3v) is 3.73. The molecule has 1 N–H and O–H groups in total. The molecule has 0 aliphatic carbocycles. The van der Waals surface area contributed by atoms with Crippen molar-refractivity contribution in [3.63, 3.8) is 0 Å². The van der Waals surface area contributed by atoms with Gasteiger partial charge in [-0.3, -0.25) is 4.79 Å². The van der Waals surface area contributed by atoms with Crippen LogP contribution >= 0.6 is 0 Å². The van der Waals surface area contributed by atoms with Crippen LogP contribution in [0.1, 0.15) is 42.3 Å². The lowest BCUT2D eigenvalue weighted by Gasteiger charge is -2.20. The van der Waals surface area contributed by atoms with Gasteiger partial charge in [-0.2, -0.15) is 0 Å². The maximum atomic E-state index is 12.6. The van der Waals surface area contributed by atoms with Gasteiger partial charge in [-0.05, 0) is 43.2 Å². The minimum Gasteiger partial charge on any atom is -0.355 e. The van der Waals surface area contributed by atoms with Crippen molar-refractivity contribution >= 4 is 17.2 Å². The molecule has 0 fully saturated rings. The summed E-state index contributed by atoms with van der Waals surface area (Å²) in [7, 11) is 0. The summed E-state index contributed by atoms with van der Waals surface area (Å²) >= 11 is 0. The number of hydrogen-bond acceptors (Lipinski definition) is 2. The Labute approximate surface area is 127 Å². The lowest BCUT2D eigenvalue weighted by atomic mass is 9.86. The monoisotopic (exact) mass is 281 g/mol. The number of rotatable bonds is 3. The molecule has 2 aromatic carbocycles. The van der Waals surface area contributed by atoms with Gasteiger partial charge in [-0.1, -0.05) is 45.0 Å². The van der Waals surface area contributed by atoms with Crippen LogP contribution in [0, 0.1) is 19.3 Å². The minimum absolute atomic E-state index is 0.149. The molecule has 2 nitrogen and oxygen atoms in total. The third-order valence-electron chi connectivity index (χ3n) is 3.73. The molecule has 0 atom stereocenters. The summed E-state index contributed by atoms with van der Waals surface area (Å²) in [5.74, 6) is 0.149. The number of hydrogen-bond donors (Lipinski definition) is 1. The van der Waals surface area contributed by atoms with Gasteiger partial charge in [0.2, 0.25) is 0 Å². The smallest absolute Gasteiger partial charge is 0.170 e. The second-order valence-corrected chi connectivity index (χ2v) is 6.50. The highest BCUT2D eigenvalue weighted by Crippen LogP contribution is 2.29. The Morgan fingerprint density at radius 3 is 2.19 bits per heavy atom. The van der Waals surface area contributed by atoms with Crippen LogP contribution in [0.4, 0.5) is 11.4 Å². The van der Waals surface area contributed by atoms with Crippen molar-refractivity contribution in [2.24, 2.45) is 5.41 Å². The molecule has 0 aliphatic heterocycles. The van der Waals surface area contributed by atoms with Crippen LogP contribution in [0.3, 0.4) is 0 Å². The Bertz CT molecular complexity index is 666. The Kier molecular flexibility index (Phi) is 4.17. The van der Waals surface area contributed by atoms with Crippen LogP contribution in [0.15, 0.2) is 42.5 Å². The summed E-state index contributed by atoms with van der Waals surface area (Å²) in [5.41, 5.74) is 4.70. The zero-order chi connectivity index (χ0) is 15.6. The number of ketones is 1. The zero-order valence-corrected chi connectivity index (χ0v) is 13.4. The van der Waals surface area contributed by atoms with Gasteiger partial charge in [0.05, 0.1) is 0 Å². The summed E-state index contributed by atoms with van der Waals surface area (Å²) in [5, 5.41) is 3.41. The fraction of sp³-hybridized carbons (Fsp3) is 0.316. The molecule has 0 bridgehead atoms. The molecule has 2 rings (SSSR count). The third kappa shape index (κ3) is 3.33. The molecule has 0 unspecified atom stereocenters. The van der Waals surface area contributed by atoms with Crippen LogP contribution in [-0.4, -0.2) is 5.78 Å². The van der Waals surface area contributed by atoms with E-state index in [-0.39, 0.29) is 11.2 Å². The van der Waals surface area contributed by atoms with Gasteiger partial charge in [-0.15, -0.1) is 0 Å². The number of carbonyl (C=O) groups is 1. The van der Waals surface area contributed by atoms with Gasteiger partial charge >= 0.3 is 0 Å². The molecule has 0 radical (unpaired) electrons. The first kappa shape index (κ1) is 15.3. The first-order valence-electron chi connectivity index (χ1n) is 7.28. The van der Waals surface area contributed by atoms with E-state index in [2.05, 4.69) is 25.2 Å². The number of Topliss-reactive ketones (excluding diaryl/α,β-unsaturated/α-hetero) is 1. The summed E-state index contributed by atoms with van der Waals surface area (Å²) in [6, 6.07) is 13.9. The Balaban J connectivity index is 2.42. The predicted octanol–water partition coefficient (Wildman–Crippen LogP) is 5.28. The van der Waals surface area contributed by atoms with E-state index in [1.54, 1.807) is 0 Å². The van der Waals surface area contributed by atoms with Gasteiger partial charge in [0.15, 0.2) is 5.78 Å². The van der Waals surface area contributed by atoms with Gasteiger partial charge < -0.3 is 5.32 Å². The van der Waals surface area contributed by atoms with E-state index >= 15 is 0 Å². The Morgan fingerprint density at radius 1 is 0.905 bits per heavy atom. The van der Waals surface area contributed by atoms with E-state index in [0.717, 1.165) is 16.9 Å². The molecule has 2 aromatic rings. The summed E-state index contributed by atoms with van der Waals surface area (Å²) in [4.78, 5) is 12.6. The standard InChI is InChI=1S/C19H23NO/c1-13-9-8-12-16(14(13)2)20-17-11-7-6-10-15(17)18(21)19(3,4)5/h6-12,20H,1-5H3. The molecule has 0 spiro atoms. The molecular weight excluding hydrogens is 258 g/mol. The second kappa shape index (κ2) is 5.72. The van der Waals surface area contributed by atoms with Crippen molar-refractivity contribution in [2.75, 3.05) is 5.32 Å². The zero-order valence-electron chi connectivity index (χ0n) is 13.4. The van der Waals surface area contributed by atoms with Gasteiger partial charge in [0.25, 0.3) is 0 Å². The van der Waals surface area contributed by atoms with E-state index in [0.29, 0.717) is 0 Å². The second-order valence-electron chi connectivity index (χ2n) is 6.50. The lowest BCUT2D eigenvalue weighted by Crippen LogP contribution is -2.21. The van der Waals surface area contributed by atoms with E-state index in [4.69, 9.17) is 0 Å². The summed E-state index contributed by atoms with van der Waals surface area (Å²) in [6.45, 7) is 10.0. The minimum atomic E-state index is -0.389. The van der Waals surface area contributed by atoms with Gasteiger partial charge in [0.1, 0.15) is 0 Å². The molecule has 0 heterocycles. The summed E-state index contributed by atoms with van der Waals surface area (Å²) in [6.07, 6.45) is 0. The number of carbonyl (C=O) groups excluding carboxylic acids is 1. The molecular formula is C19H23NO. The van der Waals surface area contributed by atoms with Gasteiger partial charge in [-0.25, -0.2) is 0 Å². The quantitative estimate of drug-likeness (QED) is 0.776. The van der Waals surface area contributed by atoms with Crippen LogP contribution in [0.25, 0.3) is 0 Å². The summed E-state index contributed by atoms with van der Waals surface area (Å²) < 4.78 is 0. The maximum absolute atomic E-state index is 12.6. The largest absolute Gasteiger partial charge is 0.355 e. The number of benzene rings is 2. The molecule has 21 heavy (non-hydrogen) atoms. The number of anilines is 2.